The van der Waals surface area contributed by atoms with E-state index in [1.807, 2.05) is 6.07 Å². The van der Waals surface area contributed by atoms with Crippen LogP contribution in [0, 0.1) is 0 Å². The predicted molar refractivity (Wildman–Crippen MR) is 121 cm³/mol. The second-order valence-electron chi connectivity index (χ2n) is 6.65. The summed E-state index contributed by atoms with van der Waals surface area (Å²) in [5.74, 6) is -1.74. The van der Waals surface area contributed by atoms with Gasteiger partial charge in [-0.3, -0.25) is 19.7 Å². The summed E-state index contributed by atoms with van der Waals surface area (Å²) in [7, 11) is 0. The lowest BCUT2D eigenvalue weighted by Crippen LogP contribution is -2.21. The number of hydrogen-bond acceptors (Lipinski definition) is 7. The number of hydrazone groups is 1. The molecule has 0 radical (unpaired) electrons. The fourth-order valence-electron chi connectivity index (χ4n) is 2.97. The third-order valence-corrected chi connectivity index (χ3v) is 5.48. The standard InChI is InChI=1S/C22H14ClN3O5S/c1-12-16(21(29)26(25-12)15-5-3-2-4-6-15)10-13-9-14(23)7-8-17(13)31-19(27)11-18-20(28)24-22(30)32-18/h2-11H,1H3,(H,24,28,30)/b16-10-,18-11-. The fraction of sp³-hybridized carbons (Fsp3) is 0.0455. The van der Waals surface area contributed by atoms with E-state index in [1.54, 1.807) is 31.2 Å². The number of nitrogens with zero attached hydrogens (tertiary/aromatic N) is 2. The summed E-state index contributed by atoms with van der Waals surface area (Å²) in [5, 5.41) is 7.46. The summed E-state index contributed by atoms with van der Waals surface area (Å²) in [5.41, 5.74) is 1.78. The molecule has 1 fully saturated rings. The Kier molecular flexibility index (Phi) is 5.93. The summed E-state index contributed by atoms with van der Waals surface area (Å²) in [6.07, 6.45) is 2.47. The molecule has 160 valence electrons. The number of ether oxygens (including phenoxy) is 1. The predicted octanol–water partition coefficient (Wildman–Crippen LogP) is 3.92. The summed E-state index contributed by atoms with van der Waals surface area (Å²) in [6, 6.07) is 13.5. The smallest absolute Gasteiger partial charge is 0.337 e. The second-order valence-corrected chi connectivity index (χ2v) is 8.10. The zero-order valence-electron chi connectivity index (χ0n) is 16.5. The van der Waals surface area contributed by atoms with Crippen molar-refractivity contribution in [1.82, 2.24) is 5.32 Å². The molecule has 0 atom stereocenters. The van der Waals surface area contributed by atoms with Crippen molar-refractivity contribution >= 4 is 63.9 Å². The van der Waals surface area contributed by atoms with Crippen molar-refractivity contribution in [2.45, 2.75) is 6.92 Å². The number of carbonyl (C=O) groups excluding carboxylic acids is 4. The number of imide groups is 1. The Morgan fingerprint density at radius 1 is 1.16 bits per heavy atom. The quantitative estimate of drug-likeness (QED) is 0.415. The maximum atomic E-state index is 12.9. The lowest BCUT2D eigenvalue weighted by Gasteiger charge is -2.11. The SMILES string of the molecule is CC1=NN(c2ccccc2)C(=O)/C1=C\c1cc(Cl)ccc1OC(=O)/C=C1\SC(=O)NC1=O. The van der Waals surface area contributed by atoms with Gasteiger partial charge >= 0.3 is 5.97 Å². The van der Waals surface area contributed by atoms with Crippen LogP contribution in [0.3, 0.4) is 0 Å². The minimum Gasteiger partial charge on any atom is -0.423 e. The number of thioether (sulfide) groups is 1. The van der Waals surface area contributed by atoms with E-state index in [2.05, 4.69) is 10.4 Å². The molecule has 10 heteroatoms. The van der Waals surface area contributed by atoms with E-state index in [0.717, 1.165) is 6.08 Å². The largest absolute Gasteiger partial charge is 0.423 e. The highest BCUT2D eigenvalue weighted by atomic mass is 35.5. The Balaban J connectivity index is 1.62. The highest BCUT2D eigenvalue weighted by Crippen LogP contribution is 2.30. The number of para-hydroxylation sites is 1. The third kappa shape index (κ3) is 4.48. The van der Waals surface area contributed by atoms with Crippen molar-refractivity contribution in [1.29, 1.82) is 0 Å². The van der Waals surface area contributed by atoms with Crippen molar-refractivity contribution in [2.24, 2.45) is 5.10 Å². The van der Waals surface area contributed by atoms with Gasteiger partial charge in [0.25, 0.3) is 17.1 Å². The van der Waals surface area contributed by atoms with Crippen LogP contribution in [-0.2, 0) is 14.4 Å². The van der Waals surface area contributed by atoms with Crippen molar-refractivity contribution < 1.29 is 23.9 Å². The third-order valence-electron chi connectivity index (χ3n) is 4.44. The average molecular weight is 468 g/mol. The van der Waals surface area contributed by atoms with Crippen molar-refractivity contribution in [3.63, 3.8) is 0 Å². The Labute approximate surface area is 191 Å². The molecule has 2 aliphatic heterocycles. The van der Waals surface area contributed by atoms with Gasteiger partial charge in [0.1, 0.15) is 5.75 Å². The second kappa shape index (κ2) is 8.81. The van der Waals surface area contributed by atoms with Crippen LogP contribution < -0.4 is 15.1 Å². The molecule has 0 saturated carbocycles. The normalized spacial score (nSPS) is 18.4. The summed E-state index contributed by atoms with van der Waals surface area (Å²) < 4.78 is 5.35. The highest BCUT2D eigenvalue weighted by molar-refractivity contribution is 8.18. The van der Waals surface area contributed by atoms with E-state index < -0.39 is 17.1 Å². The first-order valence-electron chi connectivity index (χ1n) is 9.25. The topological polar surface area (TPSA) is 105 Å². The maximum Gasteiger partial charge on any atom is 0.337 e. The molecule has 2 heterocycles. The number of hydrogen-bond donors (Lipinski definition) is 1. The van der Waals surface area contributed by atoms with Gasteiger partial charge in [-0.1, -0.05) is 29.8 Å². The summed E-state index contributed by atoms with van der Waals surface area (Å²) in [6.45, 7) is 1.69. The van der Waals surface area contributed by atoms with Crippen molar-refractivity contribution in [3.8, 4) is 5.75 Å². The van der Waals surface area contributed by atoms with Gasteiger partial charge in [-0.15, -0.1) is 0 Å². The molecule has 2 aliphatic rings. The zero-order valence-corrected chi connectivity index (χ0v) is 18.1. The molecule has 3 amide bonds. The molecule has 0 unspecified atom stereocenters. The van der Waals surface area contributed by atoms with E-state index in [1.165, 1.54) is 29.3 Å². The summed E-state index contributed by atoms with van der Waals surface area (Å²) in [4.78, 5) is 48.1. The fourth-order valence-corrected chi connectivity index (χ4v) is 3.80. The van der Waals surface area contributed by atoms with Gasteiger partial charge in [-0.2, -0.15) is 10.1 Å². The Hall–Kier alpha value is -3.69. The van der Waals surface area contributed by atoms with Gasteiger partial charge < -0.3 is 4.74 Å². The van der Waals surface area contributed by atoms with Crippen LogP contribution in [0.2, 0.25) is 5.02 Å². The minimum absolute atomic E-state index is 0.0682. The Morgan fingerprint density at radius 2 is 1.91 bits per heavy atom. The molecular formula is C22H14ClN3O5S. The van der Waals surface area contributed by atoms with E-state index in [4.69, 9.17) is 16.3 Å². The number of anilines is 1. The molecule has 4 rings (SSSR count). The van der Waals surface area contributed by atoms with Gasteiger partial charge in [-0.25, -0.2) is 4.79 Å². The Morgan fingerprint density at radius 3 is 2.59 bits per heavy atom. The highest BCUT2D eigenvalue weighted by Gasteiger charge is 2.29. The zero-order chi connectivity index (χ0) is 22.8. The van der Waals surface area contributed by atoms with E-state index in [9.17, 15) is 19.2 Å². The van der Waals surface area contributed by atoms with Gasteiger partial charge in [-0.05, 0) is 55.1 Å². The minimum atomic E-state index is -0.853. The van der Waals surface area contributed by atoms with Crippen LogP contribution >= 0.6 is 23.4 Å². The van der Waals surface area contributed by atoms with E-state index >= 15 is 0 Å². The first-order valence-corrected chi connectivity index (χ1v) is 10.4. The summed E-state index contributed by atoms with van der Waals surface area (Å²) >= 11 is 6.71. The number of nitrogens with one attached hydrogen (secondary N) is 1. The van der Waals surface area contributed by atoms with E-state index in [-0.39, 0.29) is 16.6 Å². The van der Waals surface area contributed by atoms with Crippen LogP contribution in [0.15, 0.2) is 70.2 Å². The molecule has 0 aliphatic carbocycles. The maximum absolute atomic E-state index is 12.9. The average Bonchev–Trinajstić information content (AvgIpc) is 3.22. The molecule has 0 aromatic heterocycles. The number of carbonyl (C=O) groups is 4. The number of amides is 3. The lowest BCUT2D eigenvalue weighted by atomic mass is 10.1. The molecule has 2 aromatic carbocycles. The van der Waals surface area contributed by atoms with Crippen LogP contribution in [0.1, 0.15) is 12.5 Å². The molecule has 0 bridgehead atoms. The monoisotopic (exact) mass is 467 g/mol. The molecule has 8 nitrogen and oxygen atoms in total. The number of rotatable bonds is 4. The van der Waals surface area contributed by atoms with Crippen LogP contribution in [0.4, 0.5) is 10.5 Å². The van der Waals surface area contributed by atoms with Gasteiger partial charge in [0.15, 0.2) is 0 Å². The van der Waals surface area contributed by atoms with Crippen molar-refractivity contribution in [3.05, 3.63) is 75.7 Å². The number of benzene rings is 2. The molecule has 32 heavy (non-hydrogen) atoms. The first kappa shape index (κ1) is 21.5. The number of halogens is 1. The van der Waals surface area contributed by atoms with Gasteiger partial charge in [0.2, 0.25) is 0 Å². The molecule has 1 saturated heterocycles. The first-order chi connectivity index (χ1) is 15.3. The van der Waals surface area contributed by atoms with Gasteiger partial charge in [0.05, 0.1) is 21.9 Å². The van der Waals surface area contributed by atoms with Crippen LogP contribution in [0.25, 0.3) is 6.08 Å². The van der Waals surface area contributed by atoms with Crippen LogP contribution in [-0.4, -0.2) is 28.7 Å². The molecule has 1 N–H and O–H groups in total. The molecule has 0 spiro atoms. The van der Waals surface area contributed by atoms with Gasteiger partial charge in [0, 0.05) is 16.7 Å². The molecular weight excluding hydrogens is 454 g/mol. The van der Waals surface area contributed by atoms with Crippen LogP contribution in [0.5, 0.6) is 5.75 Å². The molecule has 2 aromatic rings. The Bertz CT molecular complexity index is 1250. The van der Waals surface area contributed by atoms with Crippen molar-refractivity contribution in [2.75, 3.05) is 5.01 Å². The number of esters is 1. The lowest BCUT2D eigenvalue weighted by molar-refractivity contribution is -0.129. The van der Waals surface area contributed by atoms with E-state index in [0.29, 0.717) is 39.3 Å².